The van der Waals surface area contributed by atoms with Gasteiger partial charge in [-0.25, -0.2) is 0 Å². The summed E-state index contributed by atoms with van der Waals surface area (Å²) in [5.74, 6) is -0.524. The summed E-state index contributed by atoms with van der Waals surface area (Å²) in [4.78, 5) is 42.0. The van der Waals surface area contributed by atoms with Crippen LogP contribution in [-0.2, 0) is 28.7 Å². The molecule has 0 radical (unpaired) electrons. The van der Waals surface area contributed by atoms with E-state index in [0.29, 0.717) is 26.4 Å². The van der Waals surface area contributed by atoms with Crippen LogP contribution in [0.15, 0.2) is 0 Å². The van der Waals surface area contributed by atoms with Gasteiger partial charge in [0.15, 0.2) is 13.2 Å². The maximum absolute atomic E-state index is 11.2. The summed E-state index contributed by atoms with van der Waals surface area (Å²) in [6, 6.07) is 0. The van der Waals surface area contributed by atoms with Crippen LogP contribution < -0.4 is 0 Å². The van der Waals surface area contributed by atoms with Crippen molar-refractivity contribution in [2.75, 3.05) is 26.4 Å². The standard InChI is InChI=1S/C16H30NO7/c1-15(18)21-11-7-3-5-9-13-23-17(20)24-14-10-6-4-8-12-22-16(2)19/h3-14H2,1-2H3/q+1. The second-order valence-electron chi connectivity index (χ2n) is 5.40. The predicted octanol–water partition coefficient (Wildman–Crippen LogP) is 2.88. The molecule has 8 nitrogen and oxygen atoms in total. The van der Waals surface area contributed by atoms with E-state index in [0.717, 1.165) is 51.4 Å². The number of hydrogen-bond donors (Lipinski definition) is 0. The van der Waals surface area contributed by atoms with Crippen LogP contribution in [0.25, 0.3) is 0 Å². The van der Waals surface area contributed by atoms with E-state index in [-0.39, 0.29) is 17.0 Å². The molecule has 24 heavy (non-hydrogen) atoms. The monoisotopic (exact) mass is 348 g/mol. The number of hydrogen-bond acceptors (Lipinski definition) is 7. The van der Waals surface area contributed by atoms with Crippen LogP contribution in [0.4, 0.5) is 0 Å². The average molecular weight is 348 g/mol. The zero-order chi connectivity index (χ0) is 18.0. The van der Waals surface area contributed by atoms with E-state index in [1.807, 2.05) is 0 Å². The smallest absolute Gasteiger partial charge is 0.466 e. The van der Waals surface area contributed by atoms with Crippen molar-refractivity contribution in [3.63, 3.8) is 0 Å². The molecule has 0 saturated heterocycles. The number of nitrogens with zero attached hydrogens (tertiary/aromatic N) is 1. The second-order valence-corrected chi connectivity index (χ2v) is 5.40. The van der Waals surface area contributed by atoms with Gasteiger partial charge in [-0.1, -0.05) is 0 Å². The molecule has 0 atom stereocenters. The van der Waals surface area contributed by atoms with Gasteiger partial charge in [-0.3, -0.25) is 9.59 Å². The maximum Gasteiger partial charge on any atom is 0.477 e. The first-order valence-electron chi connectivity index (χ1n) is 8.52. The number of unbranched alkanes of at least 4 members (excludes halogenated alkanes) is 6. The molecule has 0 rings (SSSR count). The Kier molecular flexibility index (Phi) is 14.8. The fourth-order valence-electron chi connectivity index (χ4n) is 1.86. The molecule has 0 fully saturated rings. The fraction of sp³-hybridized carbons (Fsp3) is 0.875. The molecular formula is C16H30NO7+. The molecule has 0 aromatic heterocycles. The molecule has 0 spiro atoms. The van der Waals surface area contributed by atoms with Crippen LogP contribution in [0.1, 0.15) is 65.2 Å². The van der Waals surface area contributed by atoms with Gasteiger partial charge in [-0.05, 0) is 51.4 Å². The summed E-state index contributed by atoms with van der Waals surface area (Å²) in [5.41, 5.74) is 0. The van der Waals surface area contributed by atoms with Gasteiger partial charge in [0.1, 0.15) is 4.91 Å². The third kappa shape index (κ3) is 18.2. The van der Waals surface area contributed by atoms with Crippen LogP contribution in [0.5, 0.6) is 0 Å². The lowest BCUT2D eigenvalue weighted by molar-refractivity contribution is -0.981. The topological polar surface area (TPSA) is 91.1 Å². The summed E-state index contributed by atoms with van der Waals surface area (Å²) in [6.07, 6.45) is 6.77. The van der Waals surface area contributed by atoms with Gasteiger partial charge in [-0.2, -0.15) is 9.68 Å². The Morgan fingerprint density at radius 3 is 1.29 bits per heavy atom. The number of carbonyl (C=O) groups excluding carboxylic acids is 2. The molecule has 8 heteroatoms. The number of carbonyl (C=O) groups is 2. The average Bonchev–Trinajstić information content (AvgIpc) is 2.51. The van der Waals surface area contributed by atoms with Crippen molar-refractivity contribution in [1.82, 2.24) is 0 Å². The van der Waals surface area contributed by atoms with Gasteiger partial charge in [0.05, 0.1) is 13.2 Å². The molecule has 0 aliphatic rings. The molecule has 0 unspecified atom stereocenters. The van der Waals surface area contributed by atoms with Crippen LogP contribution in [0.2, 0.25) is 0 Å². The van der Waals surface area contributed by atoms with Crippen LogP contribution in [0.3, 0.4) is 0 Å². The first-order valence-corrected chi connectivity index (χ1v) is 8.52. The Bertz CT molecular complexity index is 328. The zero-order valence-electron chi connectivity index (χ0n) is 14.8. The van der Waals surface area contributed by atoms with Gasteiger partial charge >= 0.3 is 17.0 Å². The zero-order valence-corrected chi connectivity index (χ0v) is 14.8. The van der Waals surface area contributed by atoms with Gasteiger partial charge in [-0.15, -0.1) is 0 Å². The molecule has 0 bridgehead atoms. The number of ether oxygens (including phenoxy) is 2. The normalized spacial score (nSPS) is 10.1. The third-order valence-corrected chi connectivity index (χ3v) is 3.08. The van der Waals surface area contributed by atoms with Crippen LogP contribution >= 0.6 is 0 Å². The lowest BCUT2D eigenvalue weighted by Gasteiger charge is -2.01. The van der Waals surface area contributed by atoms with E-state index in [4.69, 9.17) is 19.1 Å². The maximum atomic E-state index is 11.2. The minimum absolute atomic E-state index is 0.164. The Morgan fingerprint density at radius 2 is 0.958 bits per heavy atom. The Hall–Kier alpha value is -1.86. The van der Waals surface area contributed by atoms with E-state index < -0.39 is 0 Å². The van der Waals surface area contributed by atoms with E-state index in [9.17, 15) is 14.5 Å². The summed E-state index contributed by atoms with van der Waals surface area (Å²) in [7, 11) is 0. The van der Waals surface area contributed by atoms with Crippen molar-refractivity contribution in [3.05, 3.63) is 4.91 Å². The quantitative estimate of drug-likeness (QED) is 0.241. The molecular weight excluding hydrogens is 318 g/mol. The largest absolute Gasteiger partial charge is 0.477 e. The summed E-state index contributed by atoms with van der Waals surface area (Å²) in [6.45, 7) is 4.26. The molecule has 140 valence electrons. The minimum Gasteiger partial charge on any atom is -0.466 e. The van der Waals surface area contributed by atoms with E-state index in [1.165, 1.54) is 13.8 Å². The fourth-order valence-corrected chi connectivity index (χ4v) is 1.86. The predicted molar refractivity (Wildman–Crippen MR) is 85.7 cm³/mol. The van der Waals surface area contributed by atoms with Crippen LogP contribution in [0, 0.1) is 4.91 Å². The molecule has 0 aromatic carbocycles. The van der Waals surface area contributed by atoms with E-state index in [1.54, 1.807) is 0 Å². The molecule has 0 N–H and O–H groups in total. The number of esters is 2. The summed E-state index contributed by atoms with van der Waals surface area (Å²) >= 11 is 0. The summed E-state index contributed by atoms with van der Waals surface area (Å²) in [5, 5.41) is 0.164. The molecule has 0 aliphatic heterocycles. The first-order chi connectivity index (χ1) is 11.5. The highest BCUT2D eigenvalue weighted by Crippen LogP contribution is 2.03. The molecule has 0 amide bonds. The molecule has 0 saturated carbocycles. The van der Waals surface area contributed by atoms with Crippen molar-refractivity contribution in [2.24, 2.45) is 0 Å². The summed E-state index contributed by atoms with van der Waals surface area (Å²) < 4.78 is 9.62. The second kappa shape index (κ2) is 16.0. The first kappa shape index (κ1) is 22.1. The van der Waals surface area contributed by atoms with E-state index >= 15 is 0 Å². The molecule has 0 aromatic rings. The van der Waals surface area contributed by atoms with Crippen molar-refractivity contribution in [2.45, 2.75) is 65.2 Å². The lowest BCUT2D eigenvalue weighted by Crippen LogP contribution is -2.12. The lowest BCUT2D eigenvalue weighted by atomic mass is 10.2. The van der Waals surface area contributed by atoms with Crippen molar-refractivity contribution < 1.29 is 33.8 Å². The van der Waals surface area contributed by atoms with Gasteiger partial charge in [0.2, 0.25) is 0 Å². The van der Waals surface area contributed by atoms with Gasteiger partial charge in [0, 0.05) is 13.8 Å². The Morgan fingerprint density at radius 1 is 0.625 bits per heavy atom. The van der Waals surface area contributed by atoms with Gasteiger partial charge in [0.25, 0.3) is 0 Å². The van der Waals surface area contributed by atoms with Gasteiger partial charge < -0.3 is 9.47 Å². The van der Waals surface area contributed by atoms with E-state index in [2.05, 4.69) is 0 Å². The Balaban J connectivity index is 3.21. The molecule has 0 aliphatic carbocycles. The highest BCUT2D eigenvalue weighted by Gasteiger charge is 2.11. The van der Waals surface area contributed by atoms with Crippen molar-refractivity contribution >= 4 is 11.9 Å². The van der Waals surface area contributed by atoms with Crippen molar-refractivity contribution in [3.8, 4) is 0 Å². The van der Waals surface area contributed by atoms with Crippen molar-refractivity contribution in [1.29, 1.82) is 0 Å². The van der Waals surface area contributed by atoms with Crippen LogP contribution in [-0.4, -0.2) is 43.5 Å². The third-order valence-electron chi connectivity index (χ3n) is 3.08. The number of rotatable bonds is 16. The minimum atomic E-state index is -0.262. The highest BCUT2D eigenvalue weighted by molar-refractivity contribution is 5.66. The Labute approximate surface area is 143 Å². The highest BCUT2D eigenvalue weighted by atomic mass is 17.0. The molecule has 0 heterocycles. The SMILES string of the molecule is CC(=O)OCCCCCCO[N+](=O)OCCCCCCOC(C)=O.